The standard InChI is InChI=1S/C26H22F6N6O2/c1-16-11-36(15-33-16)21-8-7-18(10-23(21)40-14-26(30,31)32)19-12-38(35-34-19)22-9-6-17-4-2-3-5-20(17)37(24(22)39)13-25(27,28)29/h2-5,7-8,10-12,15,22H,6,9,13-14H2,1H3. The van der Waals surface area contributed by atoms with Crippen LogP contribution in [0.3, 0.4) is 0 Å². The molecular formula is C26H22F6N6O2. The Labute approximate surface area is 223 Å². The first kappa shape index (κ1) is 27.2. The van der Waals surface area contributed by atoms with E-state index in [4.69, 9.17) is 4.74 Å². The van der Waals surface area contributed by atoms with Crippen LogP contribution < -0.4 is 9.64 Å². The predicted molar refractivity (Wildman–Crippen MR) is 131 cm³/mol. The maximum atomic E-state index is 13.4. The molecule has 1 amide bonds. The van der Waals surface area contributed by atoms with Gasteiger partial charge in [0.25, 0.3) is 5.91 Å². The summed E-state index contributed by atoms with van der Waals surface area (Å²) in [6.07, 6.45) is -4.28. The Bertz CT molecular complexity index is 1530. The number of ether oxygens (including phenoxy) is 1. The van der Waals surface area contributed by atoms with Gasteiger partial charge < -0.3 is 14.2 Å². The summed E-state index contributed by atoms with van der Waals surface area (Å²) < 4.78 is 86.8. The smallest absolute Gasteiger partial charge is 0.422 e. The first-order chi connectivity index (χ1) is 18.9. The maximum absolute atomic E-state index is 13.4. The number of alkyl halides is 6. The summed E-state index contributed by atoms with van der Waals surface area (Å²) in [6, 6.07) is 9.79. The number of hydrogen-bond acceptors (Lipinski definition) is 5. The zero-order valence-corrected chi connectivity index (χ0v) is 20.9. The molecular weight excluding hydrogens is 542 g/mol. The third-order valence-electron chi connectivity index (χ3n) is 6.32. The van der Waals surface area contributed by atoms with Gasteiger partial charge in [-0.3, -0.25) is 4.79 Å². The second-order valence-corrected chi connectivity index (χ2v) is 9.32. The molecule has 0 N–H and O–H groups in total. The van der Waals surface area contributed by atoms with Gasteiger partial charge in [-0.1, -0.05) is 29.5 Å². The van der Waals surface area contributed by atoms with E-state index in [1.807, 2.05) is 0 Å². The molecule has 2 aromatic carbocycles. The fraction of sp³-hybridized carbons (Fsp3) is 0.308. The van der Waals surface area contributed by atoms with Crippen molar-refractivity contribution >= 4 is 11.6 Å². The lowest BCUT2D eigenvalue weighted by Crippen LogP contribution is -2.42. The largest absolute Gasteiger partial charge is 0.482 e. The molecule has 5 rings (SSSR count). The van der Waals surface area contributed by atoms with E-state index in [1.54, 1.807) is 37.4 Å². The van der Waals surface area contributed by atoms with Gasteiger partial charge in [-0.05, 0) is 43.5 Å². The summed E-state index contributed by atoms with van der Waals surface area (Å²) >= 11 is 0. The van der Waals surface area contributed by atoms with Crippen molar-refractivity contribution in [3.8, 4) is 22.7 Å². The molecule has 1 aliphatic rings. The van der Waals surface area contributed by atoms with Crippen molar-refractivity contribution in [3.05, 3.63) is 72.4 Å². The van der Waals surface area contributed by atoms with E-state index in [0.29, 0.717) is 33.8 Å². The number of nitrogens with zero attached hydrogens (tertiary/aromatic N) is 6. The van der Waals surface area contributed by atoms with E-state index in [-0.39, 0.29) is 23.6 Å². The Hall–Kier alpha value is -4.36. The van der Waals surface area contributed by atoms with Gasteiger partial charge in [-0.25, -0.2) is 9.67 Å². The van der Waals surface area contributed by atoms with Gasteiger partial charge in [0.15, 0.2) is 6.61 Å². The van der Waals surface area contributed by atoms with E-state index >= 15 is 0 Å². The van der Waals surface area contributed by atoms with Crippen molar-refractivity contribution in [2.45, 2.75) is 38.2 Å². The molecule has 3 heterocycles. The number of hydrogen-bond donors (Lipinski definition) is 0. The van der Waals surface area contributed by atoms with Crippen LogP contribution in [-0.2, 0) is 11.2 Å². The summed E-state index contributed by atoms with van der Waals surface area (Å²) in [5.41, 5.74) is 2.26. The van der Waals surface area contributed by atoms with Crippen molar-refractivity contribution in [1.29, 1.82) is 0 Å². The highest BCUT2D eigenvalue weighted by molar-refractivity contribution is 5.97. The minimum Gasteiger partial charge on any atom is -0.482 e. The third kappa shape index (κ3) is 5.95. The summed E-state index contributed by atoms with van der Waals surface area (Å²) in [5, 5.41) is 8.06. The van der Waals surface area contributed by atoms with E-state index in [2.05, 4.69) is 15.3 Å². The second-order valence-electron chi connectivity index (χ2n) is 9.32. The van der Waals surface area contributed by atoms with Gasteiger partial charge in [0.05, 0.1) is 23.9 Å². The van der Waals surface area contributed by atoms with Crippen LogP contribution in [0.15, 0.2) is 61.2 Å². The summed E-state index contributed by atoms with van der Waals surface area (Å²) in [4.78, 5) is 18.2. The number of amides is 1. The molecule has 40 heavy (non-hydrogen) atoms. The first-order valence-corrected chi connectivity index (χ1v) is 12.1. The maximum Gasteiger partial charge on any atom is 0.422 e. The molecule has 0 saturated heterocycles. The Balaban J connectivity index is 1.47. The second kappa shape index (κ2) is 10.3. The van der Waals surface area contributed by atoms with Gasteiger partial charge in [0, 0.05) is 17.4 Å². The Kier molecular flexibility index (Phi) is 7.02. The molecule has 210 valence electrons. The number of imidazole rings is 1. The minimum atomic E-state index is -4.63. The van der Waals surface area contributed by atoms with Gasteiger partial charge in [-0.2, -0.15) is 26.3 Å². The average molecular weight is 564 g/mol. The molecule has 0 spiro atoms. The number of halogens is 6. The molecule has 14 heteroatoms. The molecule has 1 unspecified atom stereocenters. The molecule has 2 aromatic heterocycles. The number of rotatable bonds is 6. The molecule has 1 aliphatic heterocycles. The number of carbonyl (C=O) groups is 1. The zero-order chi connectivity index (χ0) is 28.7. The minimum absolute atomic E-state index is 0.0980. The number of carbonyl (C=O) groups excluding carboxylic acids is 1. The van der Waals surface area contributed by atoms with Gasteiger partial charge >= 0.3 is 12.4 Å². The van der Waals surface area contributed by atoms with Crippen molar-refractivity contribution < 1.29 is 35.9 Å². The molecule has 0 saturated carbocycles. The summed E-state index contributed by atoms with van der Waals surface area (Å²) in [5.74, 6) is -0.891. The molecule has 0 fully saturated rings. The van der Waals surface area contributed by atoms with E-state index in [9.17, 15) is 31.1 Å². The zero-order valence-electron chi connectivity index (χ0n) is 20.9. The Morgan fingerprint density at radius 3 is 2.48 bits per heavy atom. The lowest BCUT2D eigenvalue weighted by atomic mass is 10.1. The predicted octanol–water partition coefficient (Wildman–Crippen LogP) is 5.46. The molecule has 4 aromatic rings. The van der Waals surface area contributed by atoms with Crippen molar-refractivity contribution in [2.24, 2.45) is 0 Å². The van der Waals surface area contributed by atoms with E-state index in [1.165, 1.54) is 40.0 Å². The quantitative estimate of drug-likeness (QED) is 0.291. The molecule has 8 nitrogen and oxygen atoms in total. The molecule has 0 radical (unpaired) electrons. The van der Waals surface area contributed by atoms with E-state index < -0.39 is 37.5 Å². The topological polar surface area (TPSA) is 78.1 Å². The lowest BCUT2D eigenvalue weighted by molar-refractivity contribution is -0.153. The molecule has 0 aliphatic carbocycles. The van der Waals surface area contributed by atoms with Gasteiger partial charge in [-0.15, -0.1) is 5.10 Å². The molecule has 0 bridgehead atoms. The van der Waals surface area contributed by atoms with Crippen LogP contribution in [0.1, 0.15) is 23.7 Å². The van der Waals surface area contributed by atoms with E-state index in [0.717, 1.165) is 0 Å². The van der Waals surface area contributed by atoms with Crippen LogP contribution in [0.5, 0.6) is 5.75 Å². The number of aromatic nitrogens is 5. The number of aryl methyl sites for hydroxylation is 2. The van der Waals surface area contributed by atoms with Crippen LogP contribution in [0, 0.1) is 6.92 Å². The van der Waals surface area contributed by atoms with Gasteiger partial charge in [0.1, 0.15) is 24.0 Å². The Morgan fingerprint density at radius 2 is 1.77 bits per heavy atom. The van der Waals surface area contributed by atoms with Gasteiger partial charge in [0.2, 0.25) is 0 Å². The normalized spacial score (nSPS) is 16.1. The highest BCUT2D eigenvalue weighted by Gasteiger charge is 2.39. The highest BCUT2D eigenvalue weighted by atomic mass is 19.4. The number of benzene rings is 2. The average Bonchev–Trinajstić information content (AvgIpc) is 3.52. The number of anilines is 1. The third-order valence-corrected chi connectivity index (χ3v) is 6.32. The van der Waals surface area contributed by atoms with Crippen LogP contribution in [0.4, 0.5) is 32.0 Å². The highest BCUT2D eigenvalue weighted by Crippen LogP contribution is 2.35. The lowest BCUT2D eigenvalue weighted by Gasteiger charge is -2.26. The SMILES string of the molecule is Cc1cn(-c2ccc(-c3cn(C4CCc5ccccc5N(CC(F)(F)F)C4=O)nn3)cc2OCC(F)(F)F)cn1. The first-order valence-electron chi connectivity index (χ1n) is 12.1. The van der Waals surface area contributed by atoms with Crippen LogP contribution in [0.2, 0.25) is 0 Å². The van der Waals surface area contributed by atoms with Crippen molar-refractivity contribution in [1.82, 2.24) is 24.5 Å². The fourth-order valence-corrected chi connectivity index (χ4v) is 4.56. The number of fused-ring (bicyclic) bond motifs is 1. The van der Waals surface area contributed by atoms with Crippen LogP contribution >= 0.6 is 0 Å². The summed E-state index contributed by atoms with van der Waals surface area (Å²) in [7, 11) is 0. The van der Waals surface area contributed by atoms with Crippen molar-refractivity contribution in [3.63, 3.8) is 0 Å². The fourth-order valence-electron chi connectivity index (χ4n) is 4.56. The summed E-state index contributed by atoms with van der Waals surface area (Å²) in [6.45, 7) is -1.27. The monoisotopic (exact) mass is 564 g/mol. The Morgan fingerprint density at radius 1 is 1.00 bits per heavy atom. The number of para-hydroxylation sites is 1. The van der Waals surface area contributed by atoms with Crippen LogP contribution in [0.25, 0.3) is 16.9 Å². The molecule has 1 atom stereocenters. The van der Waals surface area contributed by atoms with Crippen LogP contribution in [-0.4, -0.2) is 56.0 Å². The van der Waals surface area contributed by atoms with Crippen molar-refractivity contribution in [2.75, 3.05) is 18.1 Å².